The van der Waals surface area contributed by atoms with E-state index in [4.69, 9.17) is 0 Å². The fourth-order valence-corrected chi connectivity index (χ4v) is 1.99. The number of aromatic nitrogens is 4. The molecule has 0 aliphatic heterocycles. The van der Waals surface area contributed by atoms with Gasteiger partial charge in [0, 0.05) is 12.7 Å². The van der Waals surface area contributed by atoms with Crippen molar-refractivity contribution in [1.82, 2.24) is 25.3 Å². The molecule has 2 aromatic rings. The summed E-state index contributed by atoms with van der Waals surface area (Å²) in [5.41, 5.74) is 3.92. The van der Waals surface area contributed by atoms with Crippen molar-refractivity contribution in [2.75, 3.05) is 7.05 Å². The van der Waals surface area contributed by atoms with Crippen LogP contribution in [-0.2, 0) is 6.54 Å². The lowest BCUT2D eigenvalue weighted by atomic mass is 10.2. The summed E-state index contributed by atoms with van der Waals surface area (Å²) < 4.78 is 0. The van der Waals surface area contributed by atoms with E-state index in [-0.39, 0.29) is 5.91 Å². The molecule has 19 heavy (non-hydrogen) atoms. The predicted octanol–water partition coefficient (Wildman–Crippen LogP) is 1.40. The third-order valence-electron chi connectivity index (χ3n) is 2.82. The molecule has 0 radical (unpaired) electrons. The molecule has 1 N–H and O–H groups in total. The van der Waals surface area contributed by atoms with Crippen molar-refractivity contribution in [3.63, 3.8) is 0 Å². The zero-order chi connectivity index (χ0) is 14.0. The van der Waals surface area contributed by atoms with Gasteiger partial charge in [-0.2, -0.15) is 15.4 Å². The molecular formula is C13H17N5O. The van der Waals surface area contributed by atoms with Gasteiger partial charge in [-0.15, -0.1) is 0 Å². The van der Waals surface area contributed by atoms with E-state index in [0.717, 1.165) is 17.0 Å². The summed E-state index contributed by atoms with van der Waals surface area (Å²) in [6, 6.07) is 3.99. The van der Waals surface area contributed by atoms with Crippen LogP contribution >= 0.6 is 0 Å². The van der Waals surface area contributed by atoms with Crippen LogP contribution < -0.4 is 0 Å². The number of rotatable bonds is 3. The van der Waals surface area contributed by atoms with Gasteiger partial charge in [0.2, 0.25) is 0 Å². The van der Waals surface area contributed by atoms with E-state index >= 15 is 0 Å². The molecule has 0 aliphatic rings. The molecule has 0 aromatic carbocycles. The van der Waals surface area contributed by atoms with Crippen molar-refractivity contribution < 1.29 is 4.79 Å². The maximum Gasteiger partial charge on any atom is 0.276 e. The second kappa shape index (κ2) is 5.17. The highest BCUT2D eigenvalue weighted by Crippen LogP contribution is 2.09. The first kappa shape index (κ1) is 13.2. The summed E-state index contributed by atoms with van der Waals surface area (Å²) in [5.74, 6) is -0.160. The Morgan fingerprint density at radius 1 is 1.26 bits per heavy atom. The number of aromatic amines is 1. The average Bonchev–Trinajstić information content (AvgIpc) is 2.73. The zero-order valence-electron chi connectivity index (χ0n) is 11.6. The molecule has 0 spiro atoms. The van der Waals surface area contributed by atoms with Crippen LogP contribution in [0.3, 0.4) is 0 Å². The van der Waals surface area contributed by atoms with Gasteiger partial charge in [0.15, 0.2) is 5.69 Å². The lowest BCUT2D eigenvalue weighted by molar-refractivity contribution is 0.0776. The van der Waals surface area contributed by atoms with Gasteiger partial charge in [-0.25, -0.2) is 0 Å². The van der Waals surface area contributed by atoms with Gasteiger partial charge in [0.25, 0.3) is 5.91 Å². The molecule has 2 heterocycles. The normalized spacial score (nSPS) is 10.5. The lowest BCUT2D eigenvalue weighted by Crippen LogP contribution is -2.27. The number of nitrogens with zero attached hydrogens (tertiary/aromatic N) is 4. The highest BCUT2D eigenvalue weighted by atomic mass is 16.2. The highest BCUT2D eigenvalue weighted by molar-refractivity contribution is 5.92. The standard InChI is InChI=1S/C13H17N5O/c1-8-5-9(2)14-11(6-8)7-18(4)13(19)12-10(3)15-17-16-12/h5-6H,7H2,1-4H3,(H,15,16,17). The molecule has 0 atom stereocenters. The Labute approximate surface area is 111 Å². The monoisotopic (exact) mass is 259 g/mol. The maximum atomic E-state index is 12.2. The summed E-state index contributed by atoms with van der Waals surface area (Å²) in [6.45, 7) is 6.16. The Kier molecular flexibility index (Phi) is 3.59. The summed E-state index contributed by atoms with van der Waals surface area (Å²) in [7, 11) is 1.73. The molecule has 2 rings (SSSR count). The number of hydrogen-bond donors (Lipinski definition) is 1. The van der Waals surface area contributed by atoms with Gasteiger partial charge in [-0.05, 0) is 38.5 Å². The number of aryl methyl sites for hydroxylation is 3. The zero-order valence-corrected chi connectivity index (χ0v) is 11.6. The van der Waals surface area contributed by atoms with Gasteiger partial charge in [-0.3, -0.25) is 9.78 Å². The Balaban J connectivity index is 2.15. The second-order valence-corrected chi connectivity index (χ2v) is 4.70. The molecular weight excluding hydrogens is 242 g/mol. The van der Waals surface area contributed by atoms with Crippen LogP contribution in [0.5, 0.6) is 0 Å². The van der Waals surface area contributed by atoms with Crippen molar-refractivity contribution >= 4 is 5.91 Å². The molecule has 6 nitrogen and oxygen atoms in total. The Bertz CT molecular complexity index is 585. The topological polar surface area (TPSA) is 74.8 Å². The summed E-state index contributed by atoms with van der Waals surface area (Å²) >= 11 is 0. The van der Waals surface area contributed by atoms with E-state index in [0.29, 0.717) is 17.9 Å². The lowest BCUT2D eigenvalue weighted by Gasteiger charge is -2.16. The van der Waals surface area contributed by atoms with Crippen molar-refractivity contribution in [3.8, 4) is 0 Å². The van der Waals surface area contributed by atoms with Crippen LogP contribution in [0.2, 0.25) is 0 Å². The van der Waals surface area contributed by atoms with E-state index in [1.807, 2.05) is 26.0 Å². The summed E-state index contributed by atoms with van der Waals surface area (Å²) in [6.07, 6.45) is 0. The van der Waals surface area contributed by atoms with Gasteiger partial charge >= 0.3 is 0 Å². The predicted molar refractivity (Wildman–Crippen MR) is 70.6 cm³/mol. The summed E-state index contributed by atoms with van der Waals surface area (Å²) in [4.78, 5) is 18.2. The third kappa shape index (κ3) is 2.96. The Hall–Kier alpha value is -2.24. The fourth-order valence-electron chi connectivity index (χ4n) is 1.99. The van der Waals surface area contributed by atoms with Gasteiger partial charge in [-0.1, -0.05) is 0 Å². The van der Waals surface area contributed by atoms with Gasteiger partial charge in [0.05, 0.1) is 17.9 Å². The molecule has 100 valence electrons. The van der Waals surface area contributed by atoms with Crippen molar-refractivity contribution in [2.45, 2.75) is 27.3 Å². The minimum Gasteiger partial charge on any atom is -0.334 e. The number of carbonyl (C=O) groups is 1. The first-order valence-electron chi connectivity index (χ1n) is 6.04. The van der Waals surface area contributed by atoms with E-state index in [2.05, 4.69) is 20.4 Å². The van der Waals surface area contributed by atoms with Gasteiger partial charge < -0.3 is 4.90 Å². The Morgan fingerprint density at radius 2 is 2.00 bits per heavy atom. The van der Waals surface area contributed by atoms with Gasteiger partial charge in [0.1, 0.15) is 0 Å². The molecule has 0 saturated carbocycles. The van der Waals surface area contributed by atoms with Crippen LogP contribution in [0.1, 0.15) is 33.1 Å². The number of pyridine rings is 1. The molecule has 0 unspecified atom stereocenters. The van der Waals surface area contributed by atoms with Crippen molar-refractivity contribution in [1.29, 1.82) is 0 Å². The second-order valence-electron chi connectivity index (χ2n) is 4.70. The first-order valence-corrected chi connectivity index (χ1v) is 6.04. The minimum absolute atomic E-state index is 0.160. The van der Waals surface area contributed by atoms with E-state index in [1.165, 1.54) is 0 Å². The largest absolute Gasteiger partial charge is 0.334 e. The SMILES string of the molecule is Cc1cc(C)nc(CN(C)C(=O)c2n[nH]nc2C)c1. The number of hydrogen-bond acceptors (Lipinski definition) is 4. The molecule has 0 aliphatic carbocycles. The highest BCUT2D eigenvalue weighted by Gasteiger charge is 2.18. The third-order valence-corrected chi connectivity index (χ3v) is 2.82. The number of nitrogens with one attached hydrogen (secondary N) is 1. The quantitative estimate of drug-likeness (QED) is 0.904. The van der Waals surface area contributed by atoms with Crippen LogP contribution in [0.15, 0.2) is 12.1 Å². The van der Waals surface area contributed by atoms with Crippen LogP contribution in [0.25, 0.3) is 0 Å². The minimum atomic E-state index is -0.160. The first-order chi connectivity index (χ1) is 8.97. The van der Waals surface area contributed by atoms with Crippen LogP contribution in [0, 0.1) is 20.8 Å². The Morgan fingerprint density at radius 3 is 2.58 bits per heavy atom. The average molecular weight is 259 g/mol. The number of H-pyrrole nitrogens is 1. The molecule has 6 heteroatoms. The van der Waals surface area contributed by atoms with Crippen LogP contribution in [0.4, 0.5) is 0 Å². The van der Waals surface area contributed by atoms with E-state index in [9.17, 15) is 4.79 Å². The molecule has 2 aromatic heterocycles. The summed E-state index contributed by atoms with van der Waals surface area (Å²) in [5, 5.41) is 10.2. The molecule has 0 bridgehead atoms. The molecule has 0 fully saturated rings. The number of amides is 1. The van der Waals surface area contributed by atoms with E-state index < -0.39 is 0 Å². The smallest absolute Gasteiger partial charge is 0.276 e. The molecule has 0 saturated heterocycles. The maximum absolute atomic E-state index is 12.2. The van der Waals surface area contributed by atoms with Crippen LogP contribution in [-0.4, -0.2) is 38.2 Å². The van der Waals surface area contributed by atoms with Crippen molar-refractivity contribution in [3.05, 3.63) is 40.5 Å². The molecule has 1 amide bonds. The fraction of sp³-hybridized carbons (Fsp3) is 0.385. The van der Waals surface area contributed by atoms with E-state index in [1.54, 1.807) is 18.9 Å². The number of carbonyl (C=O) groups excluding carboxylic acids is 1. The van der Waals surface area contributed by atoms with Crippen molar-refractivity contribution in [2.24, 2.45) is 0 Å².